The van der Waals surface area contributed by atoms with E-state index in [0.717, 1.165) is 10.7 Å². The fraction of sp³-hybridized carbons (Fsp3) is 0.273. The second kappa shape index (κ2) is 4.33. The highest BCUT2D eigenvalue weighted by Gasteiger charge is 2.06. The van der Waals surface area contributed by atoms with Crippen molar-refractivity contribution in [1.29, 1.82) is 0 Å². The van der Waals surface area contributed by atoms with Gasteiger partial charge >= 0.3 is 0 Å². The van der Waals surface area contributed by atoms with Gasteiger partial charge in [-0.25, -0.2) is 0 Å². The van der Waals surface area contributed by atoms with Crippen LogP contribution in [0.2, 0.25) is 5.02 Å². The monoisotopic (exact) mass is 195 g/mol. The molecule has 0 aliphatic carbocycles. The summed E-state index contributed by atoms with van der Waals surface area (Å²) in [6.45, 7) is 6.04. The van der Waals surface area contributed by atoms with Gasteiger partial charge in [0, 0.05) is 23.7 Å². The van der Waals surface area contributed by atoms with Gasteiger partial charge in [0.1, 0.15) is 0 Å². The molecule has 0 radical (unpaired) electrons. The standard InChI is InChI=1S/C11H14ClN/c1-8(9(2)13-3)10-4-6-11(12)7-5-10/h4-8,13H,2H2,1,3H3. The van der Waals surface area contributed by atoms with Crippen LogP contribution in [0.4, 0.5) is 0 Å². The normalized spacial score (nSPS) is 12.2. The SMILES string of the molecule is C=C(NC)C(C)c1ccc(Cl)cc1. The van der Waals surface area contributed by atoms with E-state index < -0.39 is 0 Å². The molecular formula is C11H14ClN. The Kier molecular flexibility index (Phi) is 3.38. The van der Waals surface area contributed by atoms with E-state index in [9.17, 15) is 0 Å². The van der Waals surface area contributed by atoms with E-state index in [2.05, 4.69) is 18.8 Å². The smallest absolute Gasteiger partial charge is 0.0406 e. The molecule has 0 spiro atoms. The summed E-state index contributed by atoms with van der Waals surface area (Å²) in [5.74, 6) is 0.322. The van der Waals surface area contributed by atoms with E-state index >= 15 is 0 Å². The van der Waals surface area contributed by atoms with Gasteiger partial charge in [0.25, 0.3) is 0 Å². The topological polar surface area (TPSA) is 12.0 Å². The second-order valence-corrected chi connectivity index (χ2v) is 3.48. The maximum absolute atomic E-state index is 5.79. The van der Waals surface area contributed by atoms with Crippen LogP contribution in [-0.2, 0) is 0 Å². The van der Waals surface area contributed by atoms with Gasteiger partial charge in [-0.1, -0.05) is 37.2 Å². The fourth-order valence-corrected chi connectivity index (χ4v) is 1.30. The number of allylic oxidation sites excluding steroid dienone is 1. The zero-order chi connectivity index (χ0) is 9.84. The number of halogens is 1. The molecule has 1 unspecified atom stereocenters. The first-order valence-electron chi connectivity index (χ1n) is 4.27. The highest BCUT2D eigenvalue weighted by molar-refractivity contribution is 6.30. The van der Waals surface area contributed by atoms with Crippen LogP contribution in [0, 0.1) is 0 Å². The van der Waals surface area contributed by atoms with Gasteiger partial charge in [0.05, 0.1) is 0 Å². The lowest BCUT2D eigenvalue weighted by atomic mass is 9.99. The molecule has 0 amide bonds. The number of likely N-dealkylation sites (N-methyl/N-ethyl adjacent to an activating group) is 1. The lowest BCUT2D eigenvalue weighted by molar-refractivity contribution is 0.798. The van der Waals surface area contributed by atoms with Gasteiger partial charge in [-0.2, -0.15) is 0 Å². The van der Waals surface area contributed by atoms with Crippen molar-refractivity contribution in [3.8, 4) is 0 Å². The van der Waals surface area contributed by atoms with Crippen molar-refractivity contribution in [2.45, 2.75) is 12.8 Å². The molecule has 0 aliphatic rings. The summed E-state index contributed by atoms with van der Waals surface area (Å²) in [6.07, 6.45) is 0. The maximum Gasteiger partial charge on any atom is 0.0406 e. The van der Waals surface area contributed by atoms with Crippen molar-refractivity contribution in [3.05, 3.63) is 47.1 Å². The van der Waals surface area contributed by atoms with Crippen molar-refractivity contribution >= 4 is 11.6 Å². The molecule has 1 nitrogen and oxygen atoms in total. The number of nitrogens with one attached hydrogen (secondary N) is 1. The summed E-state index contributed by atoms with van der Waals surface area (Å²) in [6, 6.07) is 7.84. The van der Waals surface area contributed by atoms with Crippen molar-refractivity contribution in [3.63, 3.8) is 0 Å². The Balaban J connectivity index is 2.83. The summed E-state index contributed by atoms with van der Waals surface area (Å²) in [5, 5.41) is 3.82. The first-order valence-corrected chi connectivity index (χ1v) is 4.65. The van der Waals surface area contributed by atoms with Crippen LogP contribution in [0.5, 0.6) is 0 Å². The molecule has 1 aromatic carbocycles. The maximum atomic E-state index is 5.79. The molecule has 1 aromatic rings. The predicted molar refractivity (Wildman–Crippen MR) is 58.1 cm³/mol. The largest absolute Gasteiger partial charge is 0.391 e. The van der Waals surface area contributed by atoms with E-state index in [1.165, 1.54) is 5.56 Å². The molecular weight excluding hydrogens is 182 g/mol. The average Bonchev–Trinajstić information content (AvgIpc) is 2.17. The van der Waals surface area contributed by atoms with Crippen molar-refractivity contribution in [2.24, 2.45) is 0 Å². The zero-order valence-corrected chi connectivity index (χ0v) is 8.73. The second-order valence-electron chi connectivity index (χ2n) is 3.05. The first-order chi connectivity index (χ1) is 6.15. The van der Waals surface area contributed by atoms with Crippen LogP contribution in [0.15, 0.2) is 36.5 Å². The molecule has 0 heterocycles. The van der Waals surface area contributed by atoms with Gasteiger partial charge in [0.15, 0.2) is 0 Å². The molecule has 0 saturated carbocycles. The van der Waals surface area contributed by atoms with Gasteiger partial charge < -0.3 is 5.32 Å². The molecule has 1 rings (SSSR count). The molecule has 0 fully saturated rings. The minimum absolute atomic E-state index is 0.322. The van der Waals surface area contributed by atoms with E-state index in [1.807, 2.05) is 31.3 Å². The fourth-order valence-electron chi connectivity index (χ4n) is 1.17. The summed E-state index contributed by atoms with van der Waals surface area (Å²) < 4.78 is 0. The molecule has 70 valence electrons. The Hall–Kier alpha value is -0.950. The lowest BCUT2D eigenvalue weighted by Crippen LogP contribution is -2.10. The van der Waals surface area contributed by atoms with Crippen molar-refractivity contribution in [1.82, 2.24) is 5.32 Å². The number of rotatable bonds is 3. The molecule has 13 heavy (non-hydrogen) atoms. The van der Waals surface area contributed by atoms with Crippen LogP contribution in [0.3, 0.4) is 0 Å². The first kappa shape index (κ1) is 10.1. The highest BCUT2D eigenvalue weighted by atomic mass is 35.5. The molecule has 0 aliphatic heterocycles. The summed E-state index contributed by atoms with van der Waals surface area (Å²) >= 11 is 5.79. The van der Waals surface area contributed by atoms with E-state index in [0.29, 0.717) is 5.92 Å². The predicted octanol–water partition coefficient (Wildman–Crippen LogP) is 3.18. The van der Waals surface area contributed by atoms with Crippen molar-refractivity contribution < 1.29 is 0 Å². The Morgan fingerprint density at radius 1 is 1.38 bits per heavy atom. The Bertz CT molecular complexity index is 289. The Morgan fingerprint density at radius 3 is 2.38 bits per heavy atom. The van der Waals surface area contributed by atoms with Crippen LogP contribution >= 0.6 is 11.6 Å². The van der Waals surface area contributed by atoms with E-state index in [-0.39, 0.29) is 0 Å². The molecule has 0 aromatic heterocycles. The molecule has 0 saturated heterocycles. The number of hydrogen-bond donors (Lipinski definition) is 1. The van der Waals surface area contributed by atoms with Crippen LogP contribution in [0.25, 0.3) is 0 Å². The highest BCUT2D eigenvalue weighted by Crippen LogP contribution is 2.21. The molecule has 2 heteroatoms. The summed E-state index contributed by atoms with van der Waals surface area (Å²) in [5.41, 5.74) is 2.24. The third-order valence-corrected chi connectivity index (χ3v) is 2.47. The number of benzene rings is 1. The van der Waals surface area contributed by atoms with Gasteiger partial charge in [0.2, 0.25) is 0 Å². The summed E-state index contributed by atoms with van der Waals surface area (Å²) in [7, 11) is 1.88. The quantitative estimate of drug-likeness (QED) is 0.781. The minimum atomic E-state index is 0.322. The molecule has 0 bridgehead atoms. The zero-order valence-electron chi connectivity index (χ0n) is 7.97. The number of hydrogen-bond acceptors (Lipinski definition) is 1. The van der Waals surface area contributed by atoms with Crippen molar-refractivity contribution in [2.75, 3.05) is 7.05 Å². The molecule has 1 N–H and O–H groups in total. The summed E-state index contributed by atoms with van der Waals surface area (Å²) in [4.78, 5) is 0. The van der Waals surface area contributed by atoms with Crippen LogP contribution in [-0.4, -0.2) is 7.05 Å². The minimum Gasteiger partial charge on any atom is -0.391 e. The van der Waals surface area contributed by atoms with Crippen LogP contribution in [0.1, 0.15) is 18.4 Å². The molecule has 1 atom stereocenters. The van der Waals surface area contributed by atoms with E-state index in [4.69, 9.17) is 11.6 Å². The average molecular weight is 196 g/mol. The third kappa shape index (κ3) is 2.49. The van der Waals surface area contributed by atoms with Gasteiger partial charge in [-0.3, -0.25) is 0 Å². The van der Waals surface area contributed by atoms with E-state index in [1.54, 1.807) is 0 Å². The Morgan fingerprint density at radius 2 is 1.92 bits per heavy atom. The van der Waals surface area contributed by atoms with Gasteiger partial charge in [-0.15, -0.1) is 0 Å². The van der Waals surface area contributed by atoms with Crippen LogP contribution < -0.4 is 5.32 Å². The third-order valence-electron chi connectivity index (χ3n) is 2.21. The van der Waals surface area contributed by atoms with Gasteiger partial charge in [-0.05, 0) is 17.7 Å². The lowest BCUT2D eigenvalue weighted by Gasteiger charge is -2.14. The Labute approximate surface area is 84.4 Å².